The predicted octanol–water partition coefficient (Wildman–Crippen LogP) is 4.51. The molecule has 1 aromatic heterocycles. The molecule has 0 amide bonds. The van der Waals surface area contributed by atoms with Gasteiger partial charge in [-0.2, -0.15) is 8.78 Å². The maximum atomic E-state index is 13.5. The van der Waals surface area contributed by atoms with Gasteiger partial charge in [0.15, 0.2) is 5.75 Å². The van der Waals surface area contributed by atoms with Crippen LogP contribution in [0.5, 0.6) is 5.75 Å². The van der Waals surface area contributed by atoms with Crippen molar-refractivity contribution in [2.45, 2.75) is 44.9 Å². The fraction of sp³-hybridized carbons (Fsp3) is 0.333. The largest absolute Gasteiger partial charge is 0.477 e. The fourth-order valence-electron chi connectivity index (χ4n) is 4.59. The highest BCUT2D eigenvalue weighted by atomic mass is 19.3. The Kier molecular flexibility index (Phi) is 4.97. The molecule has 3 aromatic rings. The molecule has 0 saturated heterocycles. The van der Waals surface area contributed by atoms with Crippen LogP contribution >= 0.6 is 0 Å². The Morgan fingerprint density at radius 2 is 2.03 bits per heavy atom. The van der Waals surface area contributed by atoms with E-state index in [0.717, 1.165) is 36.9 Å². The highest BCUT2D eigenvalue weighted by Crippen LogP contribution is 2.43. The third kappa shape index (κ3) is 3.44. The molecule has 2 heterocycles. The van der Waals surface area contributed by atoms with Crippen LogP contribution in [0.1, 0.15) is 53.3 Å². The number of hydrogen-bond acceptors (Lipinski definition) is 4. The van der Waals surface area contributed by atoms with Crippen LogP contribution in [0.15, 0.2) is 41.3 Å². The summed E-state index contributed by atoms with van der Waals surface area (Å²) in [6, 6.07) is 9.07. The second-order valence-corrected chi connectivity index (χ2v) is 8.37. The monoisotopic (exact) mass is 440 g/mol. The summed E-state index contributed by atoms with van der Waals surface area (Å²) in [7, 11) is 0. The highest BCUT2D eigenvalue weighted by molar-refractivity contribution is 5.97. The molecule has 6 nitrogen and oxygen atoms in total. The van der Waals surface area contributed by atoms with Crippen molar-refractivity contribution in [3.05, 3.63) is 63.4 Å². The Morgan fingerprint density at radius 1 is 1.25 bits per heavy atom. The molecule has 0 spiro atoms. The van der Waals surface area contributed by atoms with E-state index < -0.39 is 18.0 Å². The van der Waals surface area contributed by atoms with Gasteiger partial charge in [0.1, 0.15) is 5.56 Å². The van der Waals surface area contributed by atoms with Crippen molar-refractivity contribution < 1.29 is 23.4 Å². The molecule has 5 rings (SSSR count). The second-order valence-electron chi connectivity index (χ2n) is 8.37. The van der Waals surface area contributed by atoms with E-state index >= 15 is 0 Å². The quantitative estimate of drug-likeness (QED) is 0.610. The Hall–Kier alpha value is -3.26. The van der Waals surface area contributed by atoms with Crippen LogP contribution in [-0.2, 0) is 6.42 Å². The minimum absolute atomic E-state index is 0.0538. The molecule has 1 aliphatic carbocycles. The molecule has 1 saturated carbocycles. The van der Waals surface area contributed by atoms with Crippen molar-refractivity contribution >= 4 is 16.9 Å². The van der Waals surface area contributed by atoms with Crippen LogP contribution in [0.2, 0.25) is 0 Å². The molecule has 1 fully saturated rings. The summed E-state index contributed by atoms with van der Waals surface area (Å²) < 4.78 is 33.6. The van der Waals surface area contributed by atoms with Gasteiger partial charge in [0.05, 0.1) is 10.9 Å². The first-order valence-electron chi connectivity index (χ1n) is 10.6. The number of hydrogen-bond donors (Lipinski definition) is 2. The molecule has 166 valence electrons. The number of pyridine rings is 1. The van der Waals surface area contributed by atoms with E-state index in [-0.39, 0.29) is 34.3 Å². The van der Waals surface area contributed by atoms with Crippen molar-refractivity contribution in [1.82, 2.24) is 9.88 Å². The SMILES string of the molecule is C[C@H]1NCCc2cc(-c3ccc4c(=O)c(C(=O)O)cn(C5CC5)c4c3OC(F)F)ccc21. The van der Waals surface area contributed by atoms with Crippen molar-refractivity contribution in [2.75, 3.05) is 6.54 Å². The van der Waals surface area contributed by atoms with Crippen LogP contribution in [-0.4, -0.2) is 28.8 Å². The molecule has 0 radical (unpaired) electrons. The molecule has 8 heteroatoms. The number of aromatic nitrogens is 1. The van der Waals surface area contributed by atoms with Crippen LogP contribution in [0.4, 0.5) is 8.78 Å². The molecule has 1 atom stereocenters. The highest BCUT2D eigenvalue weighted by Gasteiger charge is 2.30. The lowest BCUT2D eigenvalue weighted by atomic mass is 9.91. The number of carboxylic acids is 1. The Balaban J connectivity index is 1.79. The lowest BCUT2D eigenvalue weighted by Crippen LogP contribution is -2.27. The molecule has 0 bridgehead atoms. The zero-order valence-electron chi connectivity index (χ0n) is 17.4. The smallest absolute Gasteiger partial charge is 0.387 e. The first kappa shape index (κ1) is 20.6. The summed E-state index contributed by atoms with van der Waals surface area (Å²) in [6.07, 6.45) is 3.63. The van der Waals surface area contributed by atoms with E-state index in [2.05, 4.69) is 12.2 Å². The second kappa shape index (κ2) is 7.70. The zero-order valence-corrected chi connectivity index (χ0v) is 17.4. The zero-order chi connectivity index (χ0) is 22.6. The molecule has 1 aliphatic heterocycles. The third-order valence-electron chi connectivity index (χ3n) is 6.29. The number of aromatic carboxylic acids is 1. The van der Waals surface area contributed by atoms with Crippen molar-refractivity contribution in [1.29, 1.82) is 0 Å². The molecule has 2 aliphatic rings. The number of ether oxygens (including phenoxy) is 1. The summed E-state index contributed by atoms with van der Waals surface area (Å²) in [5.74, 6) is -1.44. The Bertz CT molecular complexity index is 1300. The number of nitrogens with one attached hydrogen (secondary N) is 1. The van der Waals surface area contributed by atoms with E-state index in [1.807, 2.05) is 18.2 Å². The van der Waals surface area contributed by atoms with Crippen LogP contribution < -0.4 is 15.5 Å². The van der Waals surface area contributed by atoms with Gasteiger partial charge in [0, 0.05) is 23.8 Å². The van der Waals surface area contributed by atoms with Gasteiger partial charge in [-0.05, 0) is 61.6 Å². The van der Waals surface area contributed by atoms with Gasteiger partial charge in [-0.15, -0.1) is 0 Å². The van der Waals surface area contributed by atoms with E-state index in [1.165, 1.54) is 12.3 Å². The maximum absolute atomic E-state index is 13.5. The number of carbonyl (C=O) groups is 1. The van der Waals surface area contributed by atoms with E-state index in [0.29, 0.717) is 11.1 Å². The Labute approximate surface area is 182 Å². The number of alkyl halides is 2. The molecule has 0 unspecified atom stereocenters. The molecule has 2 aromatic carbocycles. The number of benzene rings is 2. The number of carboxylic acid groups (broad SMARTS) is 1. The number of nitrogens with zero attached hydrogens (tertiary/aromatic N) is 1. The number of fused-ring (bicyclic) bond motifs is 2. The van der Waals surface area contributed by atoms with Gasteiger partial charge in [-0.3, -0.25) is 4.79 Å². The number of rotatable bonds is 5. The summed E-state index contributed by atoms with van der Waals surface area (Å²) in [5, 5.41) is 12.9. The third-order valence-corrected chi connectivity index (χ3v) is 6.29. The average Bonchev–Trinajstić information content (AvgIpc) is 3.59. The van der Waals surface area contributed by atoms with Gasteiger partial charge < -0.3 is 19.7 Å². The minimum atomic E-state index is -3.09. The van der Waals surface area contributed by atoms with E-state index in [1.54, 1.807) is 10.6 Å². The van der Waals surface area contributed by atoms with E-state index in [9.17, 15) is 23.5 Å². The van der Waals surface area contributed by atoms with Crippen LogP contribution in [0.25, 0.3) is 22.0 Å². The van der Waals surface area contributed by atoms with Crippen LogP contribution in [0, 0.1) is 0 Å². The molecular formula is C24H22F2N2O4. The molecule has 2 N–H and O–H groups in total. The number of halogens is 2. The molecular weight excluding hydrogens is 418 g/mol. The molecule has 32 heavy (non-hydrogen) atoms. The van der Waals surface area contributed by atoms with Gasteiger partial charge in [-0.25, -0.2) is 4.79 Å². The van der Waals surface area contributed by atoms with Crippen LogP contribution in [0.3, 0.4) is 0 Å². The van der Waals surface area contributed by atoms with E-state index in [4.69, 9.17) is 4.74 Å². The first-order valence-corrected chi connectivity index (χ1v) is 10.6. The van der Waals surface area contributed by atoms with Crippen molar-refractivity contribution in [3.8, 4) is 16.9 Å². The minimum Gasteiger partial charge on any atom is -0.477 e. The maximum Gasteiger partial charge on any atom is 0.387 e. The van der Waals surface area contributed by atoms with Gasteiger partial charge in [-0.1, -0.05) is 18.2 Å². The lowest BCUT2D eigenvalue weighted by molar-refractivity contribution is -0.0486. The lowest BCUT2D eigenvalue weighted by Gasteiger charge is -2.25. The van der Waals surface area contributed by atoms with Crippen molar-refractivity contribution in [3.63, 3.8) is 0 Å². The van der Waals surface area contributed by atoms with Gasteiger partial charge in [0.25, 0.3) is 0 Å². The fourth-order valence-corrected chi connectivity index (χ4v) is 4.59. The summed E-state index contributed by atoms with van der Waals surface area (Å²) in [6.45, 7) is -0.189. The predicted molar refractivity (Wildman–Crippen MR) is 116 cm³/mol. The first-order chi connectivity index (χ1) is 15.3. The standard InChI is InChI=1S/C24H22F2N2O4/c1-12-16-5-2-13(10-14(16)8-9-27-12)17-6-7-18-20(22(17)32-24(25)26)28(15-3-4-15)11-19(21(18)29)23(30)31/h2,5-7,10-12,15,24,27H,3-4,8-9H2,1H3,(H,30,31)/t12-/m1/s1. The summed E-state index contributed by atoms with van der Waals surface area (Å²) >= 11 is 0. The topological polar surface area (TPSA) is 80.6 Å². The van der Waals surface area contributed by atoms with Gasteiger partial charge in [0.2, 0.25) is 5.43 Å². The summed E-state index contributed by atoms with van der Waals surface area (Å²) in [5.41, 5.74) is 2.59. The summed E-state index contributed by atoms with van der Waals surface area (Å²) in [4.78, 5) is 24.4. The average molecular weight is 440 g/mol. The normalized spacial score (nSPS) is 18.1. The van der Waals surface area contributed by atoms with Crippen molar-refractivity contribution in [2.24, 2.45) is 0 Å². The van der Waals surface area contributed by atoms with Gasteiger partial charge >= 0.3 is 12.6 Å². The Morgan fingerprint density at radius 3 is 2.72 bits per heavy atom.